The largest absolute Gasteiger partial charge is 0.481 e. The van der Waals surface area contributed by atoms with Gasteiger partial charge in [0.05, 0.1) is 18.3 Å². The van der Waals surface area contributed by atoms with Crippen molar-refractivity contribution in [3.05, 3.63) is 24.3 Å². The summed E-state index contributed by atoms with van der Waals surface area (Å²) in [5.41, 5.74) is 0. The van der Waals surface area contributed by atoms with Gasteiger partial charge in [0.1, 0.15) is 0 Å². The van der Waals surface area contributed by atoms with Crippen molar-refractivity contribution >= 4 is 5.97 Å². The second-order valence-corrected chi connectivity index (χ2v) is 7.58. The molecule has 2 N–H and O–H groups in total. The smallest absolute Gasteiger partial charge is 0.303 e. The Balaban J connectivity index is 1.40. The predicted octanol–water partition coefficient (Wildman–Crippen LogP) is 3.55. The number of ether oxygens (including phenoxy) is 1. The predicted molar refractivity (Wildman–Crippen MR) is 92.5 cm³/mol. The van der Waals surface area contributed by atoms with E-state index >= 15 is 0 Å². The highest BCUT2D eigenvalue weighted by atomic mass is 16.6. The number of aliphatic hydroxyl groups is 1. The summed E-state index contributed by atoms with van der Waals surface area (Å²) >= 11 is 0. The number of epoxide rings is 1. The van der Waals surface area contributed by atoms with Crippen LogP contribution in [0.3, 0.4) is 0 Å². The summed E-state index contributed by atoms with van der Waals surface area (Å²) in [5.74, 6) is 1.70. The number of aliphatic carboxylic acids is 1. The minimum Gasteiger partial charge on any atom is -0.481 e. The zero-order valence-corrected chi connectivity index (χ0v) is 14.5. The molecule has 0 bridgehead atoms. The number of aliphatic hydroxyl groups excluding tert-OH is 1. The highest BCUT2D eigenvalue weighted by Crippen LogP contribution is 2.59. The number of carboxylic acids is 1. The molecule has 2 saturated carbocycles. The molecule has 0 radical (unpaired) electrons. The maximum absolute atomic E-state index is 10.4. The second-order valence-electron chi connectivity index (χ2n) is 7.58. The van der Waals surface area contributed by atoms with Crippen molar-refractivity contribution < 1.29 is 19.7 Å². The number of allylic oxidation sites excluding steroid dienone is 3. The summed E-state index contributed by atoms with van der Waals surface area (Å²) in [6.45, 7) is 2.06. The Hall–Kier alpha value is -1.13. The number of rotatable bonds is 10. The molecule has 0 spiro atoms. The molecule has 24 heavy (non-hydrogen) atoms. The minimum atomic E-state index is -0.721. The van der Waals surface area contributed by atoms with Gasteiger partial charge < -0.3 is 14.9 Å². The van der Waals surface area contributed by atoms with Crippen molar-refractivity contribution in [2.45, 2.75) is 70.2 Å². The number of unbranched alkanes of at least 4 members (excludes halogenated alkanes) is 1. The quantitative estimate of drug-likeness (QED) is 0.364. The summed E-state index contributed by atoms with van der Waals surface area (Å²) in [6, 6.07) is 0. The SMILES string of the molecule is CCC(O)C1CC1C1CC2OC2C1C=CCC=CCCCC(=O)O. The topological polar surface area (TPSA) is 70.1 Å². The molecular weight excluding hydrogens is 304 g/mol. The first-order valence-electron chi connectivity index (χ1n) is 9.48. The van der Waals surface area contributed by atoms with E-state index in [9.17, 15) is 9.90 Å². The van der Waals surface area contributed by atoms with E-state index in [0.717, 1.165) is 19.3 Å². The van der Waals surface area contributed by atoms with Gasteiger partial charge >= 0.3 is 5.97 Å². The van der Waals surface area contributed by atoms with E-state index in [2.05, 4.69) is 31.2 Å². The zero-order chi connectivity index (χ0) is 17.1. The summed E-state index contributed by atoms with van der Waals surface area (Å²) < 4.78 is 5.74. The fraction of sp³-hybridized carbons (Fsp3) is 0.750. The van der Waals surface area contributed by atoms with Crippen molar-refractivity contribution in [2.75, 3.05) is 0 Å². The first-order valence-corrected chi connectivity index (χ1v) is 9.48. The molecule has 0 aromatic heterocycles. The molecule has 2 aliphatic carbocycles. The first kappa shape index (κ1) is 17.7. The molecule has 1 aliphatic heterocycles. The van der Waals surface area contributed by atoms with Crippen LogP contribution >= 0.6 is 0 Å². The number of fused-ring (bicyclic) bond motifs is 1. The van der Waals surface area contributed by atoms with E-state index in [1.165, 1.54) is 12.8 Å². The fourth-order valence-corrected chi connectivity index (χ4v) is 4.44. The third-order valence-corrected chi connectivity index (χ3v) is 5.91. The fourth-order valence-electron chi connectivity index (χ4n) is 4.44. The van der Waals surface area contributed by atoms with Gasteiger partial charge in [-0.05, 0) is 56.3 Å². The highest BCUT2D eigenvalue weighted by molar-refractivity contribution is 5.66. The number of carbonyl (C=O) groups is 1. The molecule has 4 heteroatoms. The van der Waals surface area contributed by atoms with Crippen LogP contribution in [-0.2, 0) is 9.53 Å². The molecule has 3 aliphatic rings. The molecule has 0 aromatic rings. The van der Waals surface area contributed by atoms with Crippen LogP contribution in [0, 0.1) is 23.7 Å². The number of carboxylic acid groups (broad SMARTS) is 1. The lowest BCUT2D eigenvalue weighted by atomic mass is 9.88. The van der Waals surface area contributed by atoms with Crippen LogP contribution in [0.2, 0.25) is 0 Å². The second kappa shape index (κ2) is 7.83. The van der Waals surface area contributed by atoms with Gasteiger partial charge in [-0.1, -0.05) is 31.2 Å². The van der Waals surface area contributed by atoms with Crippen LogP contribution in [-0.4, -0.2) is 34.5 Å². The Bertz CT molecular complexity index is 498. The molecule has 7 atom stereocenters. The summed E-state index contributed by atoms with van der Waals surface area (Å²) in [4.78, 5) is 10.4. The number of hydrogen-bond donors (Lipinski definition) is 2. The molecule has 7 unspecified atom stereocenters. The van der Waals surface area contributed by atoms with Crippen molar-refractivity contribution in [3.63, 3.8) is 0 Å². The van der Waals surface area contributed by atoms with Crippen molar-refractivity contribution in [2.24, 2.45) is 23.7 Å². The standard InChI is InChI=1S/C20H30O4/c1-2-17(21)16-11-14(16)15-12-18-20(24-18)13(15)9-7-5-3-4-6-8-10-19(22)23/h3-4,7,9,13-18,20-21H,2,5-6,8,10-12H2,1H3,(H,22,23). The van der Waals surface area contributed by atoms with Gasteiger partial charge in [-0.15, -0.1) is 0 Å². The van der Waals surface area contributed by atoms with E-state index < -0.39 is 5.97 Å². The lowest BCUT2D eigenvalue weighted by Gasteiger charge is -2.20. The number of hydrogen-bond acceptors (Lipinski definition) is 3. The van der Waals surface area contributed by atoms with Crippen LogP contribution < -0.4 is 0 Å². The van der Waals surface area contributed by atoms with E-state index in [-0.39, 0.29) is 12.5 Å². The Kier molecular flexibility index (Phi) is 5.77. The van der Waals surface area contributed by atoms with Gasteiger partial charge in [0.25, 0.3) is 0 Å². The Morgan fingerprint density at radius 1 is 1.25 bits per heavy atom. The molecule has 1 heterocycles. The molecule has 1 saturated heterocycles. The van der Waals surface area contributed by atoms with Gasteiger partial charge in [-0.2, -0.15) is 0 Å². The highest BCUT2D eigenvalue weighted by Gasteiger charge is 2.60. The van der Waals surface area contributed by atoms with Crippen LogP contribution in [0.15, 0.2) is 24.3 Å². The lowest BCUT2D eigenvalue weighted by molar-refractivity contribution is -0.137. The van der Waals surface area contributed by atoms with Gasteiger partial charge in [-0.3, -0.25) is 4.79 Å². The molecule has 0 aromatic carbocycles. The average molecular weight is 334 g/mol. The molecule has 134 valence electrons. The summed E-state index contributed by atoms with van der Waals surface area (Å²) in [5, 5.41) is 18.6. The normalized spacial score (nSPS) is 38.6. The van der Waals surface area contributed by atoms with E-state index in [1.54, 1.807) is 0 Å². The molecule has 3 rings (SSSR count). The molecule has 0 amide bonds. The Morgan fingerprint density at radius 3 is 2.83 bits per heavy atom. The minimum absolute atomic E-state index is 0.119. The lowest BCUT2D eigenvalue weighted by Crippen LogP contribution is -2.18. The Labute approximate surface area is 144 Å². The van der Waals surface area contributed by atoms with Gasteiger partial charge in [0.15, 0.2) is 0 Å². The molecule has 3 fully saturated rings. The Morgan fingerprint density at radius 2 is 2.08 bits per heavy atom. The van der Waals surface area contributed by atoms with Crippen molar-refractivity contribution in [1.29, 1.82) is 0 Å². The average Bonchev–Trinajstić information content (AvgIpc) is 3.46. The van der Waals surface area contributed by atoms with Crippen LogP contribution in [0.25, 0.3) is 0 Å². The zero-order valence-electron chi connectivity index (χ0n) is 14.5. The molecule has 4 nitrogen and oxygen atoms in total. The maximum Gasteiger partial charge on any atom is 0.303 e. The van der Waals surface area contributed by atoms with Crippen LogP contribution in [0.4, 0.5) is 0 Å². The first-order chi connectivity index (χ1) is 11.6. The van der Waals surface area contributed by atoms with Crippen LogP contribution in [0.1, 0.15) is 51.9 Å². The van der Waals surface area contributed by atoms with E-state index in [1.807, 2.05) is 0 Å². The third kappa shape index (κ3) is 4.28. The summed E-state index contributed by atoms with van der Waals surface area (Å²) in [6.07, 6.45) is 15.4. The monoisotopic (exact) mass is 334 g/mol. The van der Waals surface area contributed by atoms with Crippen molar-refractivity contribution in [3.8, 4) is 0 Å². The summed E-state index contributed by atoms with van der Waals surface area (Å²) in [7, 11) is 0. The third-order valence-electron chi connectivity index (χ3n) is 5.91. The maximum atomic E-state index is 10.4. The van der Waals surface area contributed by atoms with Gasteiger partial charge in [0, 0.05) is 12.3 Å². The van der Waals surface area contributed by atoms with Crippen molar-refractivity contribution in [1.82, 2.24) is 0 Å². The van der Waals surface area contributed by atoms with Gasteiger partial charge in [0.2, 0.25) is 0 Å². The van der Waals surface area contributed by atoms with E-state index in [0.29, 0.717) is 42.3 Å². The van der Waals surface area contributed by atoms with E-state index in [4.69, 9.17) is 9.84 Å². The van der Waals surface area contributed by atoms with Gasteiger partial charge in [-0.25, -0.2) is 0 Å². The van der Waals surface area contributed by atoms with Crippen LogP contribution in [0.5, 0.6) is 0 Å². The molecular formula is C20H30O4.